The minimum Gasteiger partial charge on any atom is -0.462 e. The van der Waals surface area contributed by atoms with Gasteiger partial charge < -0.3 is 14.9 Å². The van der Waals surface area contributed by atoms with Gasteiger partial charge in [-0.3, -0.25) is 4.79 Å². The number of benzene rings is 1. The maximum atomic E-state index is 12.8. The van der Waals surface area contributed by atoms with Crippen molar-refractivity contribution >= 4 is 11.9 Å². The Bertz CT molecular complexity index is 671. The quantitative estimate of drug-likeness (QED) is 0.277. The van der Waals surface area contributed by atoms with Crippen molar-refractivity contribution in [3.8, 4) is 0 Å². The molecule has 1 atom stereocenters. The summed E-state index contributed by atoms with van der Waals surface area (Å²) in [5.74, 6) is 0.400. The van der Waals surface area contributed by atoms with E-state index in [9.17, 15) is 19.7 Å². The number of amides is 1. The molecule has 1 amide bonds. The van der Waals surface area contributed by atoms with Gasteiger partial charge in [0.25, 0.3) is 5.09 Å². The number of carbonyl (C=O) groups is 2. The maximum Gasteiger partial charge on any atom is 0.329 e. The first-order valence-electron chi connectivity index (χ1n) is 10.1. The average Bonchev–Trinajstić information content (AvgIpc) is 2.71. The van der Waals surface area contributed by atoms with Crippen LogP contribution in [0.3, 0.4) is 0 Å². The first-order valence-corrected chi connectivity index (χ1v) is 10.1. The molecule has 0 radical (unpaired) electrons. The number of carbonyl (C=O) groups excluding carboxylic acids is 2. The molecule has 160 valence electrons. The third-order valence-electron chi connectivity index (χ3n) is 5.49. The minimum absolute atomic E-state index is 0.103. The van der Waals surface area contributed by atoms with Crippen LogP contribution >= 0.6 is 0 Å². The van der Waals surface area contributed by atoms with Crippen LogP contribution in [0.1, 0.15) is 45.1 Å². The van der Waals surface area contributed by atoms with Gasteiger partial charge in [0.1, 0.15) is 19.3 Å². The van der Waals surface area contributed by atoms with Crippen molar-refractivity contribution in [1.29, 1.82) is 0 Å². The van der Waals surface area contributed by atoms with Crippen molar-refractivity contribution in [2.24, 2.45) is 17.8 Å². The highest BCUT2D eigenvalue weighted by Gasteiger charge is 2.31. The molecule has 1 saturated carbocycles. The number of esters is 1. The molecular weight excluding hydrogens is 376 g/mol. The molecule has 0 aromatic heterocycles. The molecule has 29 heavy (non-hydrogen) atoms. The summed E-state index contributed by atoms with van der Waals surface area (Å²) >= 11 is 0. The molecule has 8 nitrogen and oxygen atoms in total. The van der Waals surface area contributed by atoms with Crippen LogP contribution in [0.15, 0.2) is 30.3 Å². The topological polar surface area (TPSA) is 108 Å². The summed E-state index contributed by atoms with van der Waals surface area (Å²) in [4.78, 5) is 39.6. The minimum atomic E-state index is -0.940. The van der Waals surface area contributed by atoms with Gasteiger partial charge in [0.05, 0.1) is 0 Å². The van der Waals surface area contributed by atoms with Crippen molar-refractivity contribution in [3.05, 3.63) is 46.0 Å². The molecule has 0 heterocycles. The first-order chi connectivity index (χ1) is 13.9. The van der Waals surface area contributed by atoms with Gasteiger partial charge in [-0.15, -0.1) is 10.1 Å². The molecule has 0 saturated heterocycles. The molecule has 8 heteroatoms. The van der Waals surface area contributed by atoms with Gasteiger partial charge in [0.15, 0.2) is 0 Å². The van der Waals surface area contributed by atoms with Crippen molar-refractivity contribution in [3.63, 3.8) is 0 Å². The summed E-state index contributed by atoms with van der Waals surface area (Å²) in [6.45, 7) is 3.82. The summed E-state index contributed by atoms with van der Waals surface area (Å²) in [6, 6.07) is 8.49. The van der Waals surface area contributed by atoms with Crippen LogP contribution < -0.4 is 5.32 Å². The number of hydrogen-bond acceptors (Lipinski definition) is 6. The Hall–Kier alpha value is -2.64. The average molecular weight is 406 g/mol. The highest BCUT2D eigenvalue weighted by molar-refractivity contribution is 5.86. The van der Waals surface area contributed by atoms with Crippen molar-refractivity contribution < 1.29 is 24.3 Å². The molecule has 0 aliphatic heterocycles. The molecule has 0 bridgehead atoms. The zero-order chi connectivity index (χ0) is 21.2. The zero-order valence-corrected chi connectivity index (χ0v) is 17.0. The second-order valence-electron chi connectivity index (χ2n) is 7.83. The molecule has 2 rings (SSSR count). The molecule has 1 aromatic rings. The maximum absolute atomic E-state index is 12.8. The van der Waals surface area contributed by atoms with E-state index >= 15 is 0 Å². The predicted molar refractivity (Wildman–Crippen MR) is 106 cm³/mol. The fraction of sp³-hybridized carbons (Fsp3) is 0.619. The molecule has 0 spiro atoms. The van der Waals surface area contributed by atoms with Gasteiger partial charge in [0.2, 0.25) is 5.91 Å². The second-order valence-corrected chi connectivity index (χ2v) is 7.83. The van der Waals surface area contributed by atoms with Gasteiger partial charge in [-0.1, -0.05) is 44.2 Å². The van der Waals surface area contributed by atoms with Gasteiger partial charge >= 0.3 is 5.97 Å². The van der Waals surface area contributed by atoms with Crippen molar-refractivity contribution in [2.75, 3.05) is 13.2 Å². The Labute approximate surface area is 171 Å². The summed E-state index contributed by atoms with van der Waals surface area (Å²) < 4.78 is 5.08. The Balaban J connectivity index is 1.94. The smallest absolute Gasteiger partial charge is 0.329 e. The zero-order valence-electron chi connectivity index (χ0n) is 17.0. The molecule has 1 fully saturated rings. The molecule has 1 aliphatic rings. The number of rotatable bonds is 10. The van der Waals surface area contributed by atoms with Crippen LogP contribution in [0.4, 0.5) is 0 Å². The number of ether oxygens (including phenoxy) is 1. The van der Waals surface area contributed by atoms with Crippen LogP contribution in [0, 0.1) is 27.9 Å². The third-order valence-corrected chi connectivity index (χ3v) is 5.49. The van der Waals surface area contributed by atoms with Crippen LogP contribution in [-0.4, -0.2) is 36.2 Å². The Kier molecular flexibility index (Phi) is 8.89. The number of nitrogens with one attached hydrogen (secondary N) is 1. The third kappa shape index (κ3) is 7.71. The van der Waals surface area contributed by atoms with Gasteiger partial charge in [0, 0.05) is 12.3 Å². The highest BCUT2D eigenvalue weighted by Crippen LogP contribution is 2.33. The fourth-order valence-electron chi connectivity index (χ4n) is 3.74. The van der Waals surface area contributed by atoms with E-state index in [2.05, 4.69) is 24.0 Å². The highest BCUT2D eigenvalue weighted by atomic mass is 17.0. The second kappa shape index (κ2) is 11.4. The molecule has 0 unspecified atom stereocenters. The van der Waals surface area contributed by atoms with Crippen molar-refractivity contribution in [2.45, 2.75) is 52.0 Å². The lowest BCUT2D eigenvalue weighted by Crippen LogP contribution is -2.46. The van der Waals surface area contributed by atoms with Crippen LogP contribution in [0.2, 0.25) is 0 Å². The van der Waals surface area contributed by atoms with E-state index in [1.54, 1.807) is 0 Å². The summed E-state index contributed by atoms with van der Waals surface area (Å²) in [5.41, 5.74) is 0.889. The monoisotopic (exact) mass is 406 g/mol. The van der Waals surface area contributed by atoms with E-state index in [1.165, 1.54) is 0 Å². The number of nitrogens with zero attached hydrogens (tertiary/aromatic N) is 1. The summed E-state index contributed by atoms with van der Waals surface area (Å²) in [5, 5.41) is 12.1. The fourth-order valence-corrected chi connectivity index (χ4v) is 3.74. The lowest BCUT2D eigenvalue weighted by molar-refractivity contribution is -0.757. The predicted octanol–water partition coefficient (Wildman–Crippen LogP) is 2.93. The Morgan fingerprint density at radius 2 is 1.79 bits per heavy atom. The summed E-state index contributed by atoms with van der Waals surface area (Å²) in [6.07, 6.45) is 3.96. The van der Waals surface area contributed by atoms with Crippen LogP contribution in [-0.2, 0) is 25.6 Å². The molecule has 1 aliphatic carbocycles. The van der Waals surface area contributed by atoms with Crippen LogP contribution in [0.5, 0.6) is 0 Å². The summed E-state index contributed by atoms with van der Waals surface area (Å²) in [7, 11) is 0. The van der Waals surface area contributed by atoms with E-state index in [1.807, 2.05) is 30.3 Å². The molecular formula is C21H30N2O6. The van der Waals surface area contributed by atoms with Crippen molar-refractivity contribution in [1.82, 2.24) is 5.32 Å². The SMILES string of the molecule is CC(C)C1CCC(C(=O)N[C@@H](Cc2ccccc2)C(=O)OCCO[N+](=O)[O-])CC1. The standard InChI is InChI=1S/C21H30N2O6/c1-15(2)17-8-10-18(11-9-17)20(24)22-19(14-16-6-4-3-5-7-16)21(25)28-12-13-29-23(26)27/h3-7,15,17-19H,8-14H2,1-2H3,(H,22,24)/t17?,18?,19-/m0/s1. The lowest BCUT2D eigenvalue weighted by atomic mass is 9.76. The van der Waals surface area contributed by atoms with E-state index in [0.29, 0.717) is 18.3 Å². The van der Waals surface area contributed by atoms with Gasteiger partial charge in [-0.2, -0.15) is 0 Å². The van der Waals surface area contributed by atoms with Crippen LogP contribution in [0.25, 0.3) is 0 Å². The molecule has 1 N–H and O–H groups in total. The Morgan fingerprint density at radius 3 is 2.38 bits per heavy atom. The van der Waals surface area contributed by atoms with E-state index in [0.717, 1.165) is 31.2 Å². The van der Waals surface area contributed by atoms with E-state index in [4.69, 9.17) is 4.74 Å². The van der Waals surface area contributed by atoms with E-state index in [-0.39, 0.29) is 25.0 Å². The van der Waals surface area contributed by atoms with E-state index < -0.39 is 17.1 Å². The number of hydrogen-bond donors (Lipinski definition) is 1. The molecule has 1 aromatic carbocycles. The first kappa shape index (κ1) is 22.6. The van der Waals surface area contributed by atoms with Gasteiger partial charge in [-0.05, 0) is 43.1 Å². The largest absolute Gasteiger partial charge is 0.462 e. The normalized spacial score (nSPS) is 20.0. The lowest BCUT2D eigenvalue weighted by Gasteiger charge is -2.31. The Morgan fingerprint density at radius 1 is 1.14 bits per heavy atom. The van der Waals surface area contributed by atoms with Gasteiger partial charge in [-0.25, -0.2) is 4.79 Å².